The lowest BCUT2D eigenvalue weighted by molar-refractivity contribution is -0.138. The van der Waals surface area contributed by atoms with E-state index in [1.807, 2.05) is 39.0 Å². The molecule has 0 saturated heterocycles. The molecule has 0 unspecified atom stereocenters. The van der Waals surface area contributed by atoms with Crippen molar-refractivity contribution in [3.8, 4) is 0 Å². The Morgan fingerprint density at radius 3 is 2.65 bits per heavy atom. The lowest BCUT2D eigenvalue weighted by atomic mass is 9.94. The molecular weight excluding hydrogens is 236 g/mol. The van der Waals surface area contributed by atoms with Crippen molar-refractivity contribution in [3.05, 3.63) is 29.6 Å². The Bertz CT molecular complexity index is 404. The maximum Gasteiger partial charge on any atom is 0.229 e. The van der Waals surface area contributed by atoms with E-state index in [-0.39, 0.29) is 5.91 Å². The molecule has 4 heteroatoms. The van der Waals surface area contributed by atoms with Gasteiger partial charge in [0.25, 0.3) is 0 Å². The molecule has 0 bridgehead atoms. The minimum Gasteiger partial charge on any atom is -0.339 e. The summed E-state index contributed by atoms with van der Waals surface area (Å²) in [4.78, 5) is 18.1. The number of carbonyl (C=O) groups is 1. The molecule has 1 amide bonds. The molecule has 0 N–H and O–H groups in total. The van der Waals surface area contributed by atoms with Gasteiger partial charge in [0.05, 0.1) is 17.7 Å². The van der Waals surface area contributed by atoms with Gasteiger partial charge in [0.15, 0.2) is 0 Å². The highest BCUT2D eigenvalue weighted by atomic mass is 35.5. The standard InChI is InChI=1S/C13H19ClN2O/c1-10-6-5-7-11(15-10)8-16(4)12(17)13(2,3)9-14/h5-7H,8-9H2,1-4H3. The van der Waals surface area contributed by atoms with Crippen molar-refractivity contribution in [2.24, 2.45) is 5.41 Å². The first-order valence-electron chi connectivity index (χ1n) is 5.61. The SMILES string of the molecule is Cc1cccc(CN(C)C(=O)C(C)(C)CCl)n1. The molecule has 0 aliphatic carbocycles. The smallest absolute Gasteiger partial charge is 0.229 e. The van der Waals surface area contributed by atoms with Gasteiger partial charge in [-0.1, -0.05) is 6.07 Å². The second-order valence-electron chi connectivity index (χ2n) is 4.95. The first kappa shape index (κ1) is 14.0. The van der Waals surface area contributed by atoms with Gasteiger partial charge < -0.3 is 4.90 Å². The Kier molecular flexibility index (Phi) is 4.52. The van der Waals surface area contributed by atoms with Crippen LogP contribution in [0.3, 0.4) is 0 Å². The predicted molar refractivity (Wildman–Crippen MR) is 69.9 cm³/mol. The lowest BCUT2D eigenvalue weighted by Crippen LogP contribution is -2.39. The summed E-state index contributed by atoms with van der Waals surface area (Å²) in [5.41, 5.74) is 1.33. The number of aromatic nitrogens is 1. The molecule has 1 heterocycles. The molecule has 1 aromatic rings. The van der Waals surface area contributed by atoms with Crippen molar-refractivity contribution in [3.63, 3.8) is 0 Å². The van der Waals surface area contributed by atoms with Gasteiger partial charge in [0.2, 0.25) is 5.91 Å². The van der Waals surface area contributed by atoms with Crippen LogP contribution in [0.25, 0.3) is 0 Å². The van der Waals surface area contributed by atoms with Gasteiger partial charge in [0, 0.05) is 18.6 Å². The number of hydrogen-bond acceptors (Lipinski definition) is 2. The molecule has 17 heavy (non-hydrogen) atoms. The number of nitrogens with zero attached hydrogens (tertiary/aromatic N) is 2. The molecule has 0 spiro atoms. The summed E-state index contributed by atoms with van der Waals surface area (Å²) in [6.45, 7) is 6.15. The fourth-order valence-corrected chi connectivity index (χ4v) is 1.69. The molecular formula is C13H19ClN2O. The van der Waals surface area contributed by atoms with Crippen molar-refractivity contribution in [2.45, 2.75) is 27.3 Å². The van der Waals surface area contributed by atoms with E-state index < -0.39 is 5.41 Å². The van der Waals surface area contributed by atoms with Crippen LogP contribution in [0, 0.1) is 12.3 Å². The molecule has 0 fully saturated rings. The molecule has 0 atom stereocenters. The van der Waals surface area contributed by atoms with Crippen molar-refractivity contribution in [1.29, 1.82) is 0 Å². The number of alkyl halides is 1. The summed E-state index contributed by atoms with van der Waals surface area (Å²) >= 11 is 5.80. The van der Waals surface area contributed by atoms with Crippen molar-refractivity contribution in [2.75, 3.05) is 12.9 Å². The Balaban J connectivity index is 2.73. The van der Waals surface area contributed by atoms with Gasteiger partial charge in [-0.05, 0) is 32.9 Å². The Morgan fingerprint density at radius 2 is 2.12 bits per heavy atom. The van der Waals surface area contributed by atoms with Crippen LogP contribution in [0.15, 0.2) is 18.2 Å². The maximum atomic E-state index is 12.1. The third-order valence-corrected chi connectivity index (χ3v) is 3.27. The van der Waals surface area contributed by atoms with Crippen LogP contribution in [0.2, 0.25) is 0 Å². The van der Waals surface area contributed by atoms with Crippen LogP contribution in [0.4, 0.5) is 0 Å². The van der Waals surface area contributed by atoms with Gasteiger partial charge in [-0.25, -0.2) is 0 Å². The molecule has 3 nitrogen and oxygen atoms in total. The van der Waals surface area contributed by atoms with Gasteiger partial charge >= 0.3 is 0 Å². The highest BCUT2D eigenvalue weighted by Crippen LogP contribution is 2.20. The van der Waals surface area contributed by atoms with E-state index in [2.05, 4.69) is 4.98 Å². The summed E-state index contributed by atoms with van der Waals surface area (Å²) in [6.07, 6.45) is 0. The summed E-state index contributed by atoms with van der Waals surface area (Å²) < 4.78 is 0. The van der Waals surface area contributed by atoms with Crippen LogP contribution >= 0.6 is 11.6 Å². The van der Waals surface area contributed by atoms with Crippen LogP contribution in [0.5, 0.6) is 0 Å². The summed E-state index contributed by atoms with van der Waals surface area (Å²) in [7, 11) is 1.78. The number of rotatable bonds is 4. The minimum absolute atomic E-state index is 0.0378. The Labute approximate surface area is 108 Å². The zero-order valence-electron chi connectivity index (χ0n) is 10.8. The molecule has 0 saturated carbocycles. The van der Waals surface area contributed by atoms with E-state index in [1.54, 1.807) is 11.9 Å². The van der Waals surface area contributed by atoms with Gasteiger partial charge in [0.1, 0.15) is 0 Å². The number of hydrogen-bond donors (Lipinski definition) is 0. The van der Waals surface area contributed by atoms with E-state index in [0.29, 0.717) is 12.4 Å². The average Bonchev–Trinajstić information content (AvgIpc) is 2.28. The zero-order chi connectivity index (χ0) is 13.1. The molecule has 1 aromatic heterocycles. The highest BCUT2D eigenvalue weighted by Gasteiger charge is 2.29. The van der Waals surface area contributed by atoms with Crippen LogP contribution in [0.1, 0.15) is 25.2 Å². The topological polar surface area (TPSA) is 33.2 Å². The normalized spacial score (nSPS) is 11.4. The maximum absolute atomic E-state index is 12.1. The molecule has 94 valence electrons. The van der Waals surface area contributed by atoms with E-state index in [0.717, 1.165) is 11.4 Å². The van der Waals surface area contributed by atoms with E-state index in [9.17, 15) is 4.79 Å². The number of halogens is 1. The van der Waals surface area contributed by atoms with Crippen molar-refractivity contribution >= 4 is 17.5 Å². The van der Waals surface area contributed by atoms with Crippen molar-refractivity contribution in [1.82, 2.24) is 9.88 Å². The highest BCUT2D eigenvalue weighted by molar-refractivity contribution is 6.19. The third-order valence-electron chi connectivity index (χ3n) is 2.60. The second-order valence-corrected chi connectivity index (χ2v) is 5.22. The second kappa shape index (κ2) is 5.50. The van der Waals surface area contributed by atoms with E-state index >= 15 is 0 Å². The van der Waals surface area contributed by atoms with Crippen LogP contribution < -0.4 is 0 Å². The lowest BCUT2D eigenvalue weighted by Gasteiger charge is -2.27. The number of carbonyl (C=O) groups excluding carboxylic acids is 1. The molecule has 0 radical (unpaired) electrons. The number of pyridine rings is 1. The Morgan fingerprint density at radius 1 is 1.47 bits per heavy atom. The van der Waals surface area contributed by atoms with E-state index in [4.69, 9.17) is 11.6 Å². The summed E-state index contributed by atoms with van der Waals surface area (Å²) in [6, 6.07) is 5.81. The van der Waals surface area contributed by atoms with Gasteiger partial charge in [-0.2, -0.15) is 0 Å². The minimum atomic E-state index is -0.528. The van der Waals surface area contributed by atoms with Gasteiger partial charge in [-0.15, -0.1) is 11.6 Å². The van der Waals surface area contributed by atoms with Gasteiger partial charge in [-0.3, -0.25) is 9.78 Å². The fourth-order valence-electron chi connectivity index (χ4n) is 1.58. The third kappa shape index (κ3) is 3.70. The molecule has 0 aliphatic heterocycles. The summed E-state index contributed by atoms with van der Waals surface area (Å²) in [5.74, 6) is 0.355. The average molecular weight is 255 g/mol. The largest absolute Gasteiger partial charge is 0.339 e. The van der Waals surface area contributed by atoms with E-state index in [1.165, 1.54) is 0 Å². The molecule has 0 aliphatic rings. The quantitative estimate of drug-likeness (QED) is 0.774. The monoisotopic (exact) mass is 254 g/mol. The molecule has 1 rings (SSSR count). The first-order valence-corrected chi connectivity index (χ1v) is 6.14. The van der Waals surface area contributed by atoms with Crippen molar-refractivity contribution < 1.29 is 4.79 Å². The summed E-state index contributed by atoms with van der Waals surface area (Å²) in [5, 5.41) is 0. The first-order chi connectivity index (χ1) is 7.86. The van der Waals surface area contributed by atoms with Crippen LogP contribution in [-0.4, -0.2) is 28.7 Å². The number of aryl methyl sites for hydroxylation is 1. The predicted octanol–water partition coefficient (Wildman–Crippen LogP) is 2.61. The zero-order valence-corrected chi connectivity index (χ0v) is 11.6. The fraction of sp³-hybridized carbons (Fsp3) is 0.538. The Hall–Kier alpha value is -1.09. The number of amides is 1. The van der Waals surface area contributed by atoms with Crippen LogP contribution in [-0.2, 0) is 11.3 Å². The molecule has 0 aromatic carbocycles.